The Morgan fingerprint density at radius 2 is 2.06 bits per heavy atom. The standard InChI is InChI=1S/C12H14N2O2S2/c1-9-8-10-4-2-3-5-11(10)14-12(9)17-6-7-18(13,15)16/h2-5,8H,6-7H2,1H3,(H2,13,15,16). The fourth-order valence-corrected chi connectivity index (χ4v) is 3.51. The molecule has 2 rings (SSSR count). The second-order valence-corrected chi connectivity index (χ2v) is 6.84. The maximum Gasteiger partial charge on any atom is 0.209 e. The third-order valence-corrected chi connectivity index (χ3v) is 4.60. The normalized spacial score (nSPS) is 11.9. The number of thioether (sulfide) groups is 1. The molecule has 0 atom stereocenters. The first-order valence-electron chi connectivity index (χ1n) is 5.45. The van der Waals surface area contributed by atoms with E-state index in [-0.39, 0.29) is 5.75 Å². The van der Waals surface area contributed by atoms with Gasteiger partial charge in [-0.25, -0.2) is 18.5 Å². The summed E-state index contributed by atoms with van der Waals surface area (Å²) in [4.78, 5) is 4.52. The van der Waals surface area contributed by atoms with Gasteiger partial charge < -0.3 is 0 Å². The molecule has 6 heteroatoms. The van der Waals surface area contributed by atoms with Crippen LogP contribution in [0.5, 0.6) is 0 Å². The lowest BCUT2D eigenvalue weighted by molar-refractivity contribution is 0.599. The molecule has 4 nitrogen and oxygen atoms in total. The lowest BCUT2D eigenvalue weighted by Gasteiger charge is -2.06. The van der Waals surface area contributed by atoms with Crippen LogP contribution < -0.4 is 5.14 Å². The molecular weight excluding hydrogens is 268 g/mol. The van der Waals surface area contributed by atoms with Crippen LogP contribution in [0, 0.1) is 6.92 Å². The first kappa shape index (κ1) is 13.3. The number of hydrogen-bond acceptors (Lipinski definition) is 4. The van der Waals surface area contributed by atoms with Gasteiger partial charge in [0.25, 0.3) is 0 Å². The molecule has 0 saturated heterocycles. The molecule has 0 amide bonds. The second kappa shape index (κ2) is 5.26. The zero-order valence-electron chi connectivity index (χ0n) is 9.96. The van der Waals surface area contributed by atoms with Crippen LogP contribution in [-0.4, -0.2) is 24.9 Å². The number of nitrogens with two attached hydrogens (primary N) is 1. The van der Waals surface area contributed by atoms with Gasteiger partial charge in [0.1, 0.15) is 0 Å². The summed E-state index contributed by atoms with van der Waals surface area (Å²) in [6, 6.07) is 9.91. The van der Waals surface area contributed by atoms with E-state index < -0.39 is 10.0 Å². The Morgan fingerprint density at radius 1 is 1.33 bits per heavy atom. The third-order valence-electron chi connectivity index (χ3n) is 2.47. The molecule has 18 heavy (non-hydrogen) atoms. The van der Waals surface area contributed by atoms with Gasteiger partial charge >= 0.3 is 0 Å². The van der Waals surface area contributed by atoms with Crippen LogP contribution in [0.1, 0.15) is 5.56 Å². The van der Waals surface area contributed by atoms with E-state index in [1.54, 1.807) is 0 Å². The fraction of sp³-hybridized carbons (Fsp3) is 0.250. The van der Waals surface area contributed by atoms with Crippen molar-refractivity contribution >= 4 is 32.7 Å². The Hall–Kier alpha value is -1.11. The van der Waals surface area contributed by atoms with Crippen molar-refractivity contribution in [3.8, 4) is 0 Å². The van der Waals surface area contributed by atoms with E-state index in [0.29, 0.717) is 5.75 Å². The molecule has 0 saturated carbocycles. The summed E-state index contributed by atoms with van der Waals surface area (Å²) >= 11 is 1.42. The Balaban J connectivity index is 2.20. The van der Waals surface area contributed by atoms with Crippen molar-refractivity contribution in [3.05, 3.63) is 35.9 Å². The number of pyridine rings is 1. The topological polar surface area (TPSA) is 73.0 Å². The number of fused-ring (bicyclic) bond motifs is 1. The van der Waals surface area contributed by atoms with Crippen molar-refractivity contribution in [2.24, 2.45) is 5.14 Å². The van der Waals surface area contributed by atoms with Crippen LogP contribution in [-0.2, 0) is 10.0 Å². The number of benzene rings is 1. The van der Waals surface area contributed by atoms with Crippen LogP contribution in [0.15, 0.2) is 35.4 Å². The van der Waals surface area contributed by atoms with E-state index in [9.17, 15) is 8.42 Å². The molecule has 0 radical (unpaired) electrons. The van der Waals surface area contributed by atoms with Crippen LogP contribution in [0.3, 0.4) is 0 Å². The summed E-state index contributed by atoms with van der Waals surface area (Å²) in [5.74, 6) is 0.386. The van der Waals surface area contributed by atoms with Crippen LogP contribution in [0.25, 0.3) is 10.9 Å². The maximum atomic E-state index is 10.9. The van der Waals surface area contributed by atoms with E-state index in [2.05, 4.69) is 11.1 Å². The summed E-state index contributed by atoms with van der Waals surface area (Å²) < 4.78 is 21.7. The molecule has 2 N–H and O–H groups in total. The Kier molecular flexibility index (Phi) is 3.89. The first-order chi connectivity index (χ1) is 8.46. The van der Waals surface area contributed by atoms with E-state index in [4.69, 9.17) is 5.14 Å². The minimum absolute atomic E-state index is 0.0361. The summed E-state index contributed by atoms with van der Waals surface area (Å²) in [6.07, 6.45) is 0. The first-order valence-corrected chi connectivity index (χ1v) is 8.15. The van der Waals surface area contributed by atoms with Crippen molar-refractivity contribution in [1.82, 2.24) is 4.98 Å². The number of aryl methyl sites for hydroxylation is 1. The Labute approximate surface area is 111 Å². The summed E-state index contributed by atoms with van der Waals surface area (Å²) in [5, 5.41) is 6.91. The number of para-hydroxylation sites is 1. The van der Waals surface area contributed by atoms with Crippen molar-refractivity contribution in [2.75, 3.05) is 11.5 Å². The minimum atomic E-state index is -3.40. The quantitative estimate of drug-likeness (QED) is 0.870. The highest BCUT2D eigenvalue weighted by molar-refractivity contribution is 8.00. The lowest BCUT2D eigenvalue weighted by Crippen LogP contribution is -2.17. The van der Waals surface area contributed by atoms with Gasteiger partial charge in [-0.1, -0.05) is 18.2 Å². The van der Waals surface area contributed by atoms with E-state index in [1.165, 1.54) is 11.8 Å². The van der Waals surface area contributed by atoms with Gasteiger partial charge in [-0.05, 0) is 24.6 Å². The number of rotatable bonds is 4. The van der Waals surface area contributed by atoms with Gasteiger partial charge in [0.15, 0.2) is 0 Å². The smallest absolute Gasteiger partial charge is 0.209 e. The van der Waals surface area contributed by atoms with Crippen molar-refractivity contribution in [1.29, 1.82) is 0 Å². The molecule has 0 aliphatic heterocycles. The summed E-state index contributed by atoms with van der Waals surface area (Å²) in [5.41, 5.74) is 1.97. The molecule has 0 aliphatic carbocycles. The zero-order valence-corrected chi connectivity index (χ0v) is 11.6. The zero-order chi connectivity index (χ0) is 13.2. The van der Waals surface area contributed by atoms with Gasteiger partial charge in [0.2, 0.25) is 10.0 Å². The van der Waals surface area contributed by atoms with Crippen LogP contribution in [0.2, 0.25) is 0 Å². The molecule has 1 aromatic heterocycles. The molecule has 0 unspecified atom stereocenters. The average Bonchev–Trinajstić information content (AvgIpc) is 2.28. The number of hydrogen-bond donors (Lipinski definition) is 1. The Morgan fingerprint density at radius 3 is 2.78 bits per heavy atom. The highest BCUT2D eigenvalue weighted by Crippen LogP contribution is 2.24. The monoisotopic (exact) mass is 282 g/mol. The second-order valence-electron chi connectivity index (χ2n) is 4.02. The SMILES string of the molecule is Cc1cc2ccccc2nc1SCCS(N)(=O)=O. The fourth-order valence-electron chi connectivity index (χ4n) is 1.60. The molecule has 0 aliphatic rings. The number of sulfonamides is 1. The van der Waals surface area contributed by atoms with Gasteiger partial charge in [0, 0.05) is 11.1 Å². The van der Waals surface area contributed by atoms with Gasteiger partial charge in [-0.15, -0.1) is 11.8 Å². The minimum Gasteiger partial charge on any atom is -0.241 e. The van der Waals surface area contributed by atoms with E-state index in [0.717, 1.165) is 21.5 Å². The van der Waals surface area contributed by atoms with Crippen molar-refractivity contribution in [2.45, 2.75) is 11.9 Å². The van der Waals surface area contributed by atoms with E-state index >= 15 is 0 Å². The highest BCUT2D eigenvalue weighted by Gasteiger charge is 2.07. The van der Waals surface area contributed by atoms with Crippen LogP contribution in [0.4, 0.5) is 0 Å². The van der Waals surface area contributed by atoms with Gasteiger partial charge in [-0.2, -0.15) is 0 Å². The molecule has 2 aromatic rings. The third kappa shape index (κ3) is 3.44. The highest BCUT2D eigenvalue weighted by atomic mass is 32.2. The molecule has 0 fully saturated rings. The molecule has 1 aromatic carbocycles. The molecular formula is C12H14N2O2S2. The predicted molar refractivity (Wildman–Crippen MR) is 75.2 cm³/mol. The number of aromatic nitrogens is 1. The molecule has 96 valence electrons. The molecule has 0 bridgehead atoms. The number of primary sulfonamides is 1. The summed E-state index contributed by atoms with van der Waals surface area (Å²) in [6.45, 7) is 1.97. The average molecular weight is 282 g/mol. The van der Waals surface area contributed by atoms with Gasteiger partial charge in [0.05, 0.1) is 16.3 Å². The maximum absolute atomic E-state index is 10.9. The van der Waals surface area contributed by atoms with Gasteiger partial charge in [-0.3, -0.25) is 0 Å². The van der Waals surface area contributed by atoms with Crippen molar-refractivity contribution in [3.63, 3.8) is 0 Å². The summed E-state index contributed by atoms with van der Waals surface area (Å²) in [7, 11) is -3.40. The molecule has 0 spiro atoms. The predicted octanol–water partition coefficient (Wildman–Crippen LogP) is 1.92. The van der Waals surface area contributed by atoms with Crippen molar-refractivity contribution < 1.29 is 8.42 Å². The number of nitrogens with zero attached hydrogens (tertiary/aromatic N) is 1. The van der Waals surface area contributed by atoms with Crippen LogP contribution >= 0.6 is 11.8 Å². The largest absolute Gasteiger partial charge is 0.241 e. The molecule has 1 heterocycles. The Bertz CT molecular complexity index is 669. The lowest BCUT2D eigenvalue weighted by atomic mass is 10.2. The van der Waals surface area contributed by atoms with E-state index in [1.807, 2.05) is 31.2 Å².